The zero-order chi connectivity index (χ0) is 24.2. The maximum atomic E-state index is 15.3. The van der Waals surface area contributed by atoms with Gasteiger partial charge in [0, 0.05) is 17.4 Å². The van der Waals surface area contributed by atoms with Crippen molar-refractivity contribution in [1.29, 1.82) is 0 Å². The maximum Gasteiger partial charge on any atom is 0.308 e. The van der Waals surface area contributed by atoms with Crippen LogP contribution < -0.4 is 10.1 Å². The maximum absolute atomic E-state index is 15.3. The second-order valence-electron chi connectivity index (χ2n) is 8.52. The number of allylic oxidation sites excluding steroid dienone is 2. The summed E-state index contributed by atoms with van der Waals surface area (Å²) in [6, 6.07) is 7.86. The molecular weight excluding hydrogens is 429 g/mol. The molecule has 0 fully saturated rings. The van der Waals surface area contributed by atoms with Gasteiger partial charge in [0.2, 0.25) is 0 Å². The fourth-order valence-electron chi connectivity index (χ4n) is 4.40. The number of benzene rings is 1. The van der Waals surface area contributed by atoms with Crippen molar-refractivity contribution in [2.45, 2.75) is 46.0 Å². The molecule has 1 aromatic carbocycles. The Labute approximate surface area is 193 Å². The predicted octanol–water partition coefficient (Wildman–Crippen LogP) is 7.37. The number of methoxy groups -OCH3 is 1. The molecule has 33 heavy (non-hydrogen) atoms. The lowest BCUT2D eigenvalue weighted by Crippen LogP contribution is -2.35. The lowest BCUT2D eigenvalue weighted by atomic mass is 9.68. The van der Waals surface area contributed by atoms with Crippen LogP contribution in [-0.2, 0) is 10.2 Å². The number of pyridine rings is 1. The summed E-state index contributed by atoms with van der Waals surface area (Å²) < 4.78 is 54.8. The second-order valence-corrected chi connectivity index (χ2v) is 8.52. The highest BCUT2D eigenvalue weighted by Crippen LogP contribution is 2.48. The monoisotopic (exact) mass is 460 g/mol. The third-order valence-electron chi connectivity index (χ3n) is 6.65. The van der Waals surface area contributed by atoms with Gasteiger partial charge in [-0.3, -0.25) is 0 Å². The van der Waals surface area contributed by atoms with Crippen LogP contribution in [0, 0.1) is 17.7 Å². The molecular formula is C26H31F3N2O2. The topological polar surface area (TPSA) is 43.4 Å². The van der Waals surface area contributed by atoms with Crippen molar-refractivity contribution in [1.82, 2.24) is 4.98 Å². The molecule has 0 spiro atoms. The number of anilines is 2. The minimum absolute atomic E-state index is 0.0679. The number of hydrogen-bond acceptors (Lipinski definition) is 4. The molecule has 0 radical (unpaired) electrons. The number of ether oxygens (including phenoxy) is 2. The zero-order valence-electron chi connectivity index (χ0n) is 19.7. The Morgan fingerprint density at radius 2 is 2.06 bits per heavy atom. The molecule has 3 unspecified atom stereocenters. The van der Waals surface area contributed by atoms with Crippen LogP contribution in [0.4, 0.5) is 24.7 Å². The molecule has 178 valence electrons. The quantitative estimate of drug-likeness (QED) is 0.438. The Morgan fingerprint density at radius 1 is 1.30 bits per heavy atom. The van der Waals surface area contributed by atoms with E-state index in [4.69, 9.17) is 9.47 Å². The van der Waals surface area contributed by atoms with Crippen LogP contribution in [0.25, 0.3) is 0 Å². The predicted molar refractivity (Wildman–Crippen MR) is 124 cm³/mol. The smallest absolute Gasteiger partial charge is 0.308 e. The SMILES string of the molecule is CCC(C)C1=CC(CC)C(C)(c2cc(Nc3ncccc3OC)ccc2F)C(=C(F)F)OC1. The fraction of sp³-hybridized carbons (Fsp3) is 0.423. The van der Waals surface area contributed by atoms with Crippen LogP contribution in [0.3, 0.4) is 0 Å². The van der Waals surface area contributed by atoms with Gasteiger partial charge in [-0.05, 0) is 67.5 Å². The first kappa shape index (κ1) is 24.7. The molecule has 0 aliphatic carbocycles. The minimum Gasteiger partial charge on any atom is -0.493 e. The third-order valence-corrected chi connectivity index (χ3v) is 6.65. The number of hydrogen-bond donors (Lipinski definition) is 1. The van der Waals surface area contributed by atoms with E-state index in [1.165, 1.54) is 13.2 Å². The van der Waals surface area contributed by atoms with E-state index in [9.17, 15) is 8.78 Å². The Bertz CT molecular complexity index is 1050. The summed E-state index contributed by atoms with van der Waals surface area (Å²) in [6.45, 7) is 7.72. The molecule has 7 heteroatoms. The van der Waals surface area contributed by atoms with Gasteiger partial charge in [-0.2, -0.15) is 8.78 Å². The van der Waals surface area contributed by atoms with Crippen molar-refractivity contribution in [2.75, 3.05) is 19.0 Å². The fourth-order valence-corrected chi connectivity index (χ4v) is 4.40. The van der Waals surface area contributed by atoms with E-state index in [1.54, 1.807) is 37.4 Å². The Balaban J connectivity index is 2.15. The average molecular weight is 461 g/mol. The molecule has 4 nitrogen and oxygen atoms in total. The van der Waals surface area contributed by atoms with Gasteiger partial charge in [0.25, 0.3) is 0 Å². The molecule has 0 saturated carbocycles. The van der Waals surface area contributed by atoms with E-state index in [2.05, 4.69) is 10.3 Å². The summed E-state index contributed by atoms with van der Waals surface area (Å²) in [4.78, 5) is 4.26. The number of halogens is 3. The number of aromatic nitrogens is 1. The summed E-state index contributed by atoms with van der Waals surface area (Å²) in [7, 11) is 1.52. The number of nitrogens with zero attached hydrogens (tertiary/aromatic N) is 1. The van der Waals surface area contributed by atoms with Crippen molar-refractivity contribution >= 4 is 11.5 Å². The molecule has 2 aromatic rings. The molecule has 0 amide bonds. The van der Waals surface area contributed by atoms with Crippen LogP contribution in [-0.4, -0.2) is 18.7 Å². The van der Waals surface area contributed by atoms with Crippen LogP contribution in [0.2, 0.25) is 0 Å². The lowest BCUT2D eigenvalue weighted by molar-refractivity contribution is 0.144. The molecule has 0 saturated heterocycles. The van der Waals surface area contributed by atoms with Crippen molar-refractivity contribution in [3.63, 3.8) is 0 Å². The van der Waals surface area contributed by atoms with Gasteiger partial charge in [0.15, 0.2) is 17.3 Å². The van der Waals surface area contributed by atoms with E-state index < -0.39 is 23.1 Å². The Morgan fingerprint density at radius 3 is 2.70 bits per heavy atom. The summed E-state index contributed by atoms with van der Waals surface area (Å²) in [5.74, 6) is -0.296. The molecule has 0 bridgehead atoms. The van der Waals surface area contributed by atoms with E-state index >= 15 is 4.39 Å². The van der Waals surface area contributed by atoms with Gasteiger partial charge in [-0.25, -0.2) is 9.37 Å². The summed E-state index contributed by atoms with van der Waals surface area (Å²) in [6.07, 6.45) is 3.08. The number of rotatable bonds is 7. The van der Waals surface area contributed by atoms with E-state index in [1.807, 2.05) is 26.8 Å². The molecule has 1 aliphatic heterocycles. The highest BCUT2D eigenvalue weighted by molar-refractivity contribution is 5.63. The van der Waals surface area contributed by atoms with Crippen molar-refractivity contribution < 1.29 is 22.6 Å². The van der Waals surface area contributed by atoms with Gasteiger partial charge in [-0.1, -0.05) is 26.8 Å². The Hall–Kier alpha value is -2.96. The third kappa shape index (κ3) is 4.87. The summed E-state index contributed by atoms with van der Waals surface area (Å²) in [5, 5.41) is 3.11. The van der Waals surface area contributed by atoms with Gasteiger partial charge < -0.3 is 14.8 Å². The van der Waals surface area contributed by atoms with Gasteiger partial charge in [0.05, 0.1) is 12.5 Å². The summed E-state index contributed by atoms with van der Waals surface area (Å²) in [5.41, 5.74) is 0.214. The molecule has 1 aliphatic rings. The average Bonchev–Trinajstić information content (AvgIpc) is 2.96. The second kappa shape index (κ2) is 10.3. The zero-order valence-corrected chi connectivity index (χ0v) is 19.7. The highest BCUT2D eigenvalue weighted by atomic mass is 19.3. The molecule has 3 atom stereocenters. The normalized spacial score (nSPS) is 21.5. The molecule has 2 heterocycles. The van der Waals surface area contributed by atoms with Crippen molar-refractivity contribution in [3.8, 4) is 5.75 Å². The molecule has 1 N–H and O–H groups in total. The van der Waals surface area contributed by atoms with Crippen molar-refractivity contribution in [2.24, 2.45) is 11.8 Å². The largest absolute Gasteiger partial charge is 0.493 e. The van der Waals surface area contributed by atoms with Crippen LogP contribution >= 0.6 is 0 Å². The van der Waals surface area contributed by atoms with Crippen LogP contribution in [0.1, 0.15) is 46.1 Å². The van der Waals surface area contributed by atoms with E-state index in [0.717, 1.165) is 12.0 Å². The van der Waals surface area contributed by atoms with Crippen molar-refractivity contribution in [3.05, 3.63) is 71.4 Å². The van der Waals surface area contributed by atoms with Crippen LogP contribution in [0.5, 0.6) is 5.75 Å². The first-order valence-corrected chi connectivity index (χ1v) is 11.2. The Kier molecular flexibility index (Phi) is 7.72. The summed E-state index contributed by atoms with van der Waals surface area (Å²) >= 11 is 0. The standard InChI is InChI=1S/C26H31F3N2O2/c1-6-16(3)17-13-18(7-2)26(4,23(24(28)29)33-15-17)20-14-19(10-11-21(20)27)31-25-22(32-5)9-8-12-30-25/h8-14,16,18H,6-7,15H2,1-5H3,(H,30,31). The first-order valence-electron chi connectivity index (χ1n) is 11.2. The minimum atomic E-state index is -1.93. The van der Waals surface area contributed by atoms with E-state index in [-0.39, 0.29) is 24.0 Å². The molecule has 3 rings (SSSR count). The molecule has 1 aromatic heterocycles. The van der Waals surface area contributed by atoms with Gasteiger partial charge in [-0.15, -0.1) is 0 Å². The highest BCUT2D eigenvalue weighted by Gasteiger charge is 2.45. The first-order chi connectivity index (χ1) is 15.8. The van der Waals surface area contributed by atoms with Gasteiger partial charge >= 0.3 is 6.08 Å². The van der Waals surface area contributed by atoms with Gasteiger partial charge in [0.1, 0.15) is 12.4 Å². The van der Waals surface area contributed by atoms with Crippen LogP contribution in [0.15, 0.2) is 60.0 Å². The number of nitrogens with one attached hydrogen (secondary N) is 1. The lowest BCUT2D eigenvalue weighted by Gasteiger charge is -2.36. The van der Waals surface area contributed by atoms with E-state index in [0.29, 0.717) is 23.7 Å².